The van der Waals surface area contributed by atoms with Crippen molar-refractivity contribution < 1.29 is 14.3 Å². The van der Waals surface area contributed by atoms with Crippen molar-refractivity contribution in [2.24, 2.45) is 0 Å². The van der Waals surface area contributed by atoms with Crippen LogP contribution in [-0.4, -0.2) is 31.1 Å². The van der Waals surface area contributed by atoms with Gasteiger partial charge in [0.05, 0.1) is 6.54 Å². The van der Waals surface area contributed by atoms with Crippen LogP contribution in [0.4, 0.5) is 4.39 Å². The van der Waals surface area contributed by atoms with Crippen molar-refractivity contribution in [3.8, 4) is 11.3 Å². The maximum atomic E-state index is 14.0. The molecular formula is C15H10ClFN4O2. The van der Waals surface area contributed by atoms with Crippen LogP contribution in [0.25, 0.3) is 11.3 Å². The van der Waals surface area contributed by atoms with E-state index in [9.17, 15) is 14.3 Å². The number of halogens is 2. The van der Waals surface area contributed by atoms with Crippen molar-refractivity contribution in [2.45, 2.75) is 6.54 Å². The van der Waals surface area contributed by atoms with Gasteiger partial charge < -0.3 is 5.11 Å². The monoisotopic (exact) mass is 332 g/mol. The molecule has 1 N–H and O–H groups in total. The fourth-order valence-corrected chi connectivity index (χ4v) is 2.42. The van der Waals surface area contributed by atoms with E-state index in [4.69, 9.17) is 11.6 Å². The molecular weight excluding hydrogens is 323 g/mol. The Morgan fingerprint density at radius 3 is 2.65 bits per heavy atom. The van der Waals surface area contributed by atoms with Crippen LogP contribution >= 0.6 is 11.6 Å². The summed E-state index contributed by atoms with van der Waals surface area (Å²) in [4.78, 5) is 15.3. The number of carboxylic acid groups (broad SMARTS) is 1. The molecule has 0 atom stereocenters. The third kappa shape index (κ3) is 2.91. The maximum Gasteiger partial charge on any atom is 0.358 e. The van der Waals surface area contributed by atoms with Gasteiger partial charge in [0.25, 0.3) is 0 Å². The molecule has 116 valence electrons. The van der Waals surface area contributed by atoms with Gasteiger partial charge in [-0.15, -0.1) is 5.10 Å². The van der Waals surface area contributed by atoms with Gasteiger partial charge in [0, 0.05) is 28.5 Å². The molecule has 3 rings (SSSR count). The molecule has 8 heteroatoms. The first-order valence-corrected chi connectivity index (χ1v) is 6.96. The maximum absolute atomic E-state index is 14.0. The lowest BCUT2D eigenvalue weighted by Crippen LogP contribution is -2.08. The van der Waals surface area contributed by atoms with Gasteiger partial charge >= 0.3 is 5.97 Å². The van der Waals surface area contributed by atoms with E-state index in [2.05, 4.69) is 15.3 Å². The number of aromatic nitrogens is 4. The fraction of sp³-hybridized carbons (Fsp3) is 0.0667. The van der Waals surface area contributed by atoms with Crippen LogP contribution in [0.1, 0.15) is 16.1 Å². The number of rotatable bonds is 4. The molecule has 0 amide bonds. The van der Waals surface area contributed by atoms with Crippen molar-refractivity contribution in [3.63, 3.8) is 0 Å². The number of nitrogens with zero attached hydrogens (tertiary/aromatic N) is 4. The molecule has 0 aliphatic carbocycles. The van der Waals surface area contributed by atoms with Gasteiger partial charge in [-0.3, -0.25) is 4.98 Å². The van der Waals surface area contributed by atoms with Crippen LogP contribution in [-0.2, 0) is 6.54 Å². The molecule has 0 aliphatic heterocycles. The summed E-state index contributed by atoms with van der Waals surface area (Å²) in [5, 5.41) is 17.0. The van der Waals surface area contributed by atoms with E-state index in [1.165, 1.54) is 29.2 Å². The third-order valence-electron chi connectivity index (χ3n) is 3.26. The average molecular weight is 333 g/mol. The van der Waals surface area contributed by atoms with Crippen LogP contribution in [0.2, 0.25) is 5.02 Å². The molecule has 1 aromatic carbocycles. The van der Waals surface area contributed by atoms with Crippen LogP contribution in [0, 0.1) is 5.82 Å². The number of carbonyl (C=O) groups is 1. The minimum absolute atomic E-state index is 0.0383. The van der Waals surface area contributed by atoms with E-state index in [1.807, 2.05) is 0 Å². The zero-order chi connectivity index (χ0) is 16.4. The zero-order valence-corrected chi connectivity index (χ0v) is 12.4. The molecule has 2 heterocycles. The molecule has 6 nitrogen and oxygen atoms in total. The second-order valence-electron chi connectivity index (χ2n) is 4.69. The van der Waals surface area contributed by atoms with Crippen molar-refractivity contribution in [2.75, 3.05) is 0 Å². The lowest BCUT2D eigenvalue weighted by Gasteiger charge is -2.09. The van der Waals surface area contributed by atoms with Gasteiger partial charge in [-0.05, 0) is 24.3 Å². The van der Waals surface area contributed by atoms with Gasteiger partial charge in [0.1, 0.15) is 11.5 Å². The number of aromatic carboxylic acids is 1. The van der Waals surface area contributed by atoms with E-state index < -0.39 is 11.8 Å². The average Bonchev–Trinajstić information content (AvgIpc) is 2.96. The molecule has 2 aromatic heterocycles. The zero-order valence-electron chi connectivity index (χ0n) is 11.6. The predicted octanol–water partition coefficient (Wildman–Crippen LogP) is 2.88. The Balaban J connectivity index is 2.12. The summed E-state index contributed by atoms with van der Waals surface area (Å²) >= 11 is 6.02. The minimum Gasteiger partial charge on any atom is -0.476 e. The first-order valence-electron chi connectivity index (χ1n) is 6.58. The quantitative estimate of drug-likeness (QED) is 0.794. The summed E-state index contributed by atoms with van der Waals surface area (Å²) in [6.07, 6.45) is 3.04. The largest absolute Gasteiger partial charge is 0.476 e. The molecule has 0 spiro atoms. The highest BCUT2D eigenvalue weighted by atomic mass is 35.5. The topological polar surface area (TPSA) is 80.9 Å². The summed E-state index contributed by atoms with van der Waals surface area (Å²) < 4.78 is 15.3. The van der Waals surface area contributed by atoms with Gasteiger partial charge in [-0.1, -0.05) is 22.9 Å². The second-order valence-corrected chi connectivity index (χ2v) is 5.09. The fourth-order valence-electron chi connectivity index (χ4n) is 2.20. The second kappa shape index (κ2) is 6.13. The van der Waals surface area contributed by atoms with Crippen molar-refractivity contribution in [1.82, 2.24) is 20.0 Å². The van der Waals surface area contributed by atoms with Gasteiger partial charge in [0.15, 0.2) is 5.69 Å². The Labute approximate surface area is 135 Å². The van der Waals surface area contributed by atoms with Crippen LogP contribution < -0.4 is 0 Å². The minimum atomic E-state index is -1.22. The first kappa shape index (κ1) is 15.1. The van der Waals surface area contributed by atoms with E-state index in [1.54, 1.807) is 18.2 Å². The Bertz CT molecular complexity index is 847. The van der Waals surface area contributed by atoms with Crippen molar-refractivity contribution in [1.29, 1.82) is 0 Å². The number of hydrogen-bond donors (Lipinski definition) is 1. The Morgan fingerprint density at radius 2 is 2.00 bits per heavy atom. The van der Waals surface area contributed by atoms with E-state index in [0.29, 0.717) is 5.56 Å². The Kier molecular flexibility index (Phi) is 4.03. The Hall–Kier alpha value is -2.80. The highest BCUT2D eigenvalue weighted by molar-refractivity contribution is 6.31. The van der Waals surface area contributed by atoms with Crippen LogP contribution in [0.15, 0.2) is 42.7 Å². The number of carboxylic acids is 1. The SMILES string of the molecule is O=C(O)c1nnn(Cc2c(F)cccc2Cl)c1-c1ccncc1. The molecule has 0 aliphatic rings. The Morgan fingerprint density at radius 1 is 1.26 bits per heavy atom. The van der Waals surface area contributed by atoms with Crippen molar-refractivity contribution in [3.05, 3.63) is 64.8 Å². The van der Waals surface area contributed by atoms with Gasteiger partial charge in [-0.25, -0.2) is 13.9 Å². The van der Waals surface area contributed by atoms with E-state index in [-0.39, 0.29) is 28.5 Å². The summed E-state index contributed by atoms with van der Waals surface area (Å²) in [6, 6.07) is 7.59. The predicted molar refractivity (Wildman–Crippen MR) is 80.7 cm³/mol. The summed E-state index contributed by atoms with van der Waals surface area (Å²) in [5.41, 5.74) is 0.823. The summed E-state index contributed by atoms with van der Waals surface area (Å²) in [6.45, 7) is -0.0383. The lowest BCUT2D eigenvalue weighted by molar-refractivity contribution is 0.0691. The number of hydrogen-bond acceptors (Lipinski definition) is 4. The third-order valence-corrected chi connectivity index (χ3v) is 3.62. The van der Waals surface area contributed by atoms with E-state index in [0.717, 1.165) is 0 Å². The van der Waals surface area contributed by atoms with Crippen LogP contribution in [0.3, 0.4) is 0 Å². The molecule has 0 unspecified atom stereocenters. The van der Waals surface area contributed by atoms with Gasteiger partial charge in [0.2, 0.25) is 0 Å². The van der Waals surface area contributed by atoms with Crippen LogP contribution in [0.5, 0.6) is 0 Å². The molecule has 0 saturated heterocycles. The normalized spacial score (nSPS) is 10.7. The molecule has 0 radical (unpaired) electrons. The molecule has 0 saturated carbocycles. The summed E-state index contributed by atoms with van der Waals surface area (Å²) in [5.74, 6) is -1.71. The lowest BCUT2D eigenvalue weighted by atomic mass is 10.1. The van der Waals surface area contributed by atoms with Gasteiger partial charge in [-0.2, -0.15) is 0 Å². The highest BCUT2D eigenvalue weighted by Crippen LogP contribution is 2.25. The summed E-state index contributed by atoms with van der Waals surface area (Å²) in [7, 11) is 0. The standard InChI is InChI=1S/C15H10ClFN4O2/c16-11-2-1-3-12(17)10(11)8-21-14(9-4-6-18-7-5-9)13(15(22)23)19-20-21/h1-7H,8H2,(H,22,23). The molecule has 0 bridgehead atoms. The first-order chi connectivity index (χ1) is 11.1. The number of benzene rings is 1. The number of pyridine rings is 1. The molecule has 23 heavy (non-hydrogen) atoms. The smallest absolute Gasteiger partial charge is 0.358 e. The van der Waals surface area contributed by atoms with E-state index >= 15 is 0 Å². The highest BCUT2D eigenvalue weighted by Gasteiger charge is 2.21. The molecule has 3 aromatic rings. The molecule has 0 fully saturated rings. The van der Waals surface area contributed by atoms with Crippen molar-refractivity contribution >= 4 is 17.6 Å².